The third-order valence-electron chi connectivity index (χ3n) is 9.61. The van der Waals surface area contributed by atoms with Crippen molar-refractivity contribution in [2.75, 3.05) is 26.2 Å². The number of likely N-dealkylation sites (tertiary alicyclic amines) is 1. The van der Waals surface area contributed by atoms with E-state index < -0.39 is 96.6 Å². The number of aliphatic carboxylic acids is 2. The number of aromatic nitrogens is 1. The Bertz CT molecular complexity index is 1850. The fourth-order valence-corrected chi connectivity index (χ4v) is 6.54. The van der Waals surface area contributed by atoms with Gasteiger partial charge in [0.05, 0.1) is 19.0 Å². The lowest BCUT2D eigenvalue weighted by Gasteiger charge is -2.27. The highest BCUT2D eigenvalue weighted by Gasteiger charge is 2.37. The van der Waals surface area contributed by atoms with E-state index >= 15 is 0 Å². The monoisotopic (exact) mass is 828 g/mol. The first-order valence-corrected chi connectivity index (χ1v) is 19.3. The number of carbonyl (C=O) groups is 8. The fourth-order valence-electron chi connectivity index (χ4n) is 6.54. The zero-order chi connectivity index (χ0) is 43.6. The number of benzene rings is 1. The molecule has 22 heteroatoms. The van der Waals surface area contributed by atoms with Crippen molar-refractivity contribution < 1.29 is 48.6 Å². The summed E-state index contributed by atoms with van der Waals surface area (Å²) in [5, 5.41) is 32.0. The van der Waals surface area contributed by atoms with Crippen LogP contribution in [0.4, 0.5) is 0 Å². The minimum Gasteiger partial charge on any atom is -0.481 e. The Hall–Kier alpha value is -6.29. The van der Waals surface area contributed by atoms with Crippen LogP contribution < -0.4 is 49.5 Å². The third-order valence-corrected chi connectivity index (χ3v) is 9.61. The molecule has 16 N–H and O–H groups in total. The quantitative estimate of drug-likeness (QED) is 0.0283. The van der Waals surface area contributed by atoms with Gasteiger partial charge < -0.3 is 69.6 Å². The average Bonchev–Trinajstić information content (AvgIpc) is 3.85. The maximum Gasteiger partial charge on any atom is 0.326 e. The van der Waals surface area contributed by atoms with Crippen LogP contribution in [-0.2, 0) is 44.8 Å². The normalized spacial score (nSPS) is 16.1. The lowest BCUT2D eigenvalue weighted by atomic mass is 10.0. The molecule has 2 aromatic rings. The minimum atomic E-state index is -1.43. The van der Waals surface area contributed by atoms with E-state index in [9.17, 15) is 43.5 Å². The van der Waals surface area contributed by atoms with Crippen LogP contribution >= 0.6 is 0 Å². The van der Waals surface area contributed by atoms with E-state index in [1.807, 2.05) is 18.2 Å². The molecule has 1 aliphatic heterocycles. The van der Waals surface area contributed by atoms with E-state index in [0.717, 1.165) is 10.9 Å². The number of para-hydroxylation sites is 1. The number of nitrogens with two attached hydrogens (primary N) is 4. The fraction of sp³-hybridized carbons (Fsp3) is 0.541. The Morgan fingerprint density at radius 2 is 1.54 bits per heavy atom. The van der Waals surface area contributed by atoms with Crippen molar-refractivity contribution in [3.05, 3.63) is 36.0 Å². The smallest absolute Gasteiger partial charge is 0.326 e. The van der Waals surface area contributed by atoms with Gasteiger partial charge in [-0.1, -0.05) is 18.2 Å². The third kappa shape index (κ3) is 14.9. The maximum absolute atomic E-state index is 14.1. The molecule has 0 saturated carbocycles. The molecule has 0 radical (unpaired) electrons. The van der Waals surface area contributed by atoms with Crippen LogP contribution in [0.1, 0.15) is 63.9 Å². The van der Waals surface area contributed by atoms with Crippen molar-refractivity contribution in [2.24, 2.45) is 27.9 Å². The molecule has 0 bridgehead atoms. The second-order valence-electron chi connectivity index (χ2n) is 14.2. The number of hydrogen-bond acceptors (Lipinski definition) is 11. The molecule has 22 nitrogen and oxygen atoms in total. The average molecular weight is 829 g/mol. The predicted molar refractivity (Wildman–Crippen MR) is 214 cm³/mol. The second kappa shape index (κ2) is 23.2. The number of guanidine groups is 1. The van der Waals surface area contributed by atoms with Crippen molar-refractivity contribution in [3.8, 4) is 0 Å². The number of fused-ring (bicyclic) bond motifs is 1. The van der Waals surface area contributed by atoms with Gasteiger partial charge >= 0.3 is 11.9 Å². The number of carboxylic acid groups (broad SMARTS) is 2. The number of nitrogens with one attached hydrogen (secondary N) is 6. The number of carbonyl (C=O) groups excluding carboxylic acids is 6. The topological polar surface area (TPSA) is 373 Å². The van der Waals surface area contributed by atoms with Crippen LogP contribution in [-0.4, -0.2) is 136 Å². The predicted octanol–water partition coefficient (Wildman–Crippen LogP) is -3.15. The van der Waals surface area contributed by atoms with Gasteiger partial charge in [-0.3, -0.25) is 38.6 Å². The molecule has 2 heterocycles. The summed E-state index contributed by atoms with van der Waals surface area (Å²) in [6.45, 7) is 1.37. The van der Waals surface area contributed by atoms with Crippen molar-refractivity contribution in [1.29, 1.82) is 0 Å². The first kappa shape index (κ1) is 47.1. The van der Waals surface area contributed by atoms with Crippen LogP contribution in [0.25, 0.3) is 10.9 Å². The van der Waals surface area contributed by atoms with Gasteiger partial charge in [0, 0.05) is 36.6 Å². The SMILES string of the molecule is C[C@H](NC(=O)[C@H](CCCN=C(N)N)NC(=O)[C@H](Cc1c[nH]c2ccccc12)NC(=O)CNC(=O)[C@H](CCCCN)NC(=O)[C@@H](N)CC(=O)O)C(=O)N1CCC[C@H]1C(=O)O. The van der Waals surface area contributed by atoms with Gasteiger partial charge in [-0.15, -0.1) is 0 Å². The molecule has 6 amide bonds. The molecular formula is C37H56N12O10. The number of nitrogens with zero attached hydrogens (tertiary/aromatic N) is 2. The molecule has 0 aliphatic carbocycles. The summed E-state index contributed by atoms with van der Waals surface area (Å²) in [7, 11) is 0. The molecule has 6 atom stereocenters. The van der Waals surface area contributed by atoms with Crippen LogP contribution in [0, 0.1) is 0 Å². The van der Waals surface area contributed by atoms with Crippen LogP contribution in [0.2, 0.25) is 0 Å². The molecule has 3 rings (SSSR count). The number of carboxylic acids is 2. The Morgan fingerprint density at radius 3 is 2.22 bits per heavy atom. The highest BCUT2D eigenvalue weighted by Crippen LogP contribution is 2.20. The molecule has 59 heavy (non-hydrogen) atoms. The molecule has 1 aromatic carbocycles. The number of hydrogen-bond donors (Lipinski definition) is 12. The minimum absolute atomic E-state index is 0.00603. The number of amides is 6. The zero-order valence-corrected chi connectivity index (χ0v) is 32.9. The summed E-state index contributed by atoms with van der Waals surface area (Å²) in [4.78, 5) is 111. The summed E-state index contributed by atoms with van der Waals surface area (Å²) in [6, 6.07) is -0.146. The Morgan fingerprint density at radius 1 is 0.881 bits per heavy atom. The van der Waals surface area contributed by atoms with E-state index in [-0.39, 0.29) is 51.2 Å². The zero-order valence-electron chi connectivity index (χ0n) is 32.9. The lowest BCUT2D eigenvalue weighted by Crippen LogP contribution is -2.58. The van der Waals surface area contributed by atoms with Crippen LogP contribution in [0.15, 0.2) is 35.5 Å². The summed E-state index contributed by atoms with van der Waals surface area (Å²) >= 11 is 0. The number of aliphatic imine (C=N–C) groups is 1. The van der Waals surface area contributed by atoms with Crippen LogP contribution in [0.5, 0.6) is 0 Å². The molecule has 0 unspecified atom stereocenters. The van der Waals surface area contributed by atoms with Crippen molar-refractivity contribution in [3.63, 3.8) is 0 Å². The standard InChI is InChI=1S/C37H56N12O10/c1-20(35(57)49-15-7-12-28(49)36(58)59)45-33(55)26(11-6-14-42-37(40)41)48-34(56)27(16-21-18-43-24-9-3-2-8-22(21)24)46-29(50)19-44-32(54)25(10-4-5-13-38)47-31(53)23(39)17-30(51)52/h2-3,8-9,18,20,23,25-28,43H,4-7,10-17,19,38-39H2,1H3,(H,44,54)(H,45,55)(H,46,50)(H,47,53)(H,48,56)(H,51,52)(H,58,59)(H4,40,41,42)/t20-,23-,25-,26-,27-,28-/m0/s1. The molecule has 1 aliphatic rings. The highest BCUT2D eigenvalue weighted by atomic mass is 16.4. The van der Waals surface area contributed by atoms with Gasteiger partial charge in [-0.2, -0.15) is 0 Å². The van der Waals surface area contributed by atoms with Gasteiger partial charge in [-0.25, -0.2) is 4.79 Å². The Labute approximate surface area is 340 Å². The molecule has 1 aromatic heterocycles. The lowest BCUT2D eigenvalue weighted by molar-refractivity contribution is -0.149. The van der Waals surface area contributed by atoms with Gasteiger partial charge in [0.2, 0.25) is 35.4 Å². The summed E-state index contributed by atoms with van der Waals surface area (Å²) in [6.07, 6.45) is 2.91. The number of unbranched alkanes of at least 4 members (excludes halogenated alkanes) is 1. The van der Waals surface area contributed by atoms with E-state index in [2.05, 4.69) is 36.6 Å². The summed E-state index contributed by atoms with van der Waals surface area (Å²) in [5.41, 5.74) is 23.5. The van der Waals surface area contributed by atoms with Crippen LogP contribution in [0.3, 0.4) is 0 Å². The van der Waals surface area contributed by atoms with Gasteiger partial charge in [-0.05, 0) is 70.0 Å². The van der Waals surface area contributed by atoms with Crippen molar-refractivity contribution in [1.82, 2.24) is 36.5 Å². The number of rotatable bonds is 24. The Kier molecular flexibility index (Phi) is 18.5. The first-order valence-electron chi connectivity index (χ1n) is 19.3. The van der Waals surface area contributed by atoms with E-state index in [0.29, 0.717) is 31.4 Å². The number of H-pyrrole nitrogens is 1. The Balaban J connectivity index is 1.81. The second-order valence-corrected chi connectivity index (χ2v) is 14.2. The molecule has 1 fully saturated rings. The molecule has 1 saturated heterocycles. The van der Waals surface area contributed by atoms with Gasteiger partial charge in [0.15, 0.2) is 5.96 Å². The summed E-state index contributed by atoms with van der Waals surface area (Å²) in [5.74, 6) is -7.27. The van der Waals surface area contributed by atoms with Crippen molar-refractivity contribution >= 4 is 64.2 Å². The summed E-state index contributed by atoms with van der Waals surface area (Å²) < 4.78 is 0. The van der Waals surface area contributed by atoms with E-state index in [4.69, 9.17) is 28.0 Å². The first-order chi connectivity index (χ1) is 28.0. The van der Waals surface area contributed by atoms with E-state index in [1.54, 1.807) is 12.3 Å². The van der Waals surface area contributed by atoms with E-state index in [1.165, 1.54) is 11.8 Å². The number of aromatic amines is 1. The van der Waals surface area contributed by atoms with Gasteiger partial charge in [0.25, 0.3) is 0 Å². The maximum atomic E-state index is 14.1. The van der Waals surface area contributed by atoms with Crippen molar-refractivity contribution in [2.45, 2.75) is 101 Å². The molecular weight excluding hydrogens is 772 g/mol. The van der Waals surface area contributed by atoms with Gasteiger partial charge in [0.1, 0.15) is 30.2 Å². The largest absolute Gasteiger partial charge is 0.481 e. The highest BCUT2D eigenvalue weighted by molar-refractivity contribution is 5.97. The molecule has 0 spiro atoms. The molecule has 324 valence electrons.